The molecule has 0 amide bonds. The van der Waals surface area contributed by atoms with Crippen molar-refractivity contribution >= 4 is 5.97 Å². The van der Waals surface area contributed by atoms with Gasteiger partial charge in [0.2, 0.25) is 0 Å². The maximum Gasteiger partial charge on any atom is 0.329 e. The number of carbonyl (C=O) groups is 1. The Bertz CT molecular complexity index is 357. The van der Waals surface area contributed by atoms with Gasteiger partial charge in [-0.2, -0.15) is 0 Å². The number of carboxylic acids is 1. The number of hydrogen-bond donors (Lipinski definition) is 1. The number of ether oxygens (including phenoxy) is 1. The van der Waals surface area contributed by atoms with Gasteiger partial charge < -0.3 is 14.4 Å². The van der Waals surface area contributed by atoms with Gasteiger partial charge in [-0.15, -0.1) is 0 Å². The Morgan fingerprint density at radius 1 is 1.75 bits per heavy atom. The van der Waals surface area contributed by atoms with Crippen LogP contribution < -0.4 is 0 Å². The summed E-state index contributed by atoms with van der Waals surface area (Å²) in [6.45, 7) is 3.77. The van der Waals surface area contributed by atoms with Gasteiger partial charge in [-0.05, 0) is 6.92 Å². The second-order valence-electron chi connectivity index (χ2n) is 4.26. The lowest BCUT2D eigenvalue weighted by molar-refractivity contribution is -0.166. The molecule has 0 radical (unpaired) electrons. The summed E-state index contributed by atoms with van der Waals surface area (Å²) in [6, 6.07) is 1.81. The van der Waals surface area contributed by atoms with E-state index >= 15 is 0 Å². The van der Waals surface area contributed by atoms with Gasteiger partial charge in [0.05, 0.1) is 18.3 Å². The monoisotopic (exact) mass is 226 g/mol. The number of aliphatic carboxylic acids is 1. The molecule has 6 nitrogen and oxygen atoms in total. The molecule has 0 aromatic carbocycles. The SMILES string of the molecule is CC1(OCC(=O)O)CN(Cc2ccno2)C1. The quantitative estimate of drug-likeness (QED) is 0.780. The van der Waals surface area contributed by atoms with E-state index in [-0.39, 0.29) is 12.2 Å². The molecular weight excluding hydrogens is 212 g/mol. The largest absolute Gasteiger partial charge is 0.480 e. The summed E-state index contributed by atoms with van der Waals surface area (Å²) < 4.78 is 10.3. The molecule has 1 aromatic rings. The van der Waals surface area contributed by atoms with Gasteiger partial charge in [0, 0.05) is 19.2 Å². The number of carboxylic acid groups (broad SMARTS) is 1. The molecule has 6 heteroatoms. The average Bonchev–Trinajstić information content (AvgIpc) is 2.65. The van der Waals surface area contributed by atoms with Gasteiger partial charge in [0.1, 0.15) is 6.61 Å². The third kappa shape index (κ3) is 2.59. The molecule has 1 aliphatic rings. The molecule has 0 atom stereocenters. The van der Waals surface area contributed by atoms with Crippen LogP contribution in [0, 0.1) is 0 Å². The van der Waals surface area contributed by atoms with E-state index in [2.05, 4.69) is 10.1 Å². The topological polar surface area (TPSA) is 75.8 Å². The highest BCUT2D eigenvalue weighted by Crippen LogP contribution is 2.26. The number of likely N-dealkylation sites (tertiary alicyclic amines) is 1. The first-order valence-corrected chi connectivity index (χ1v) is 5.05. The van der Waals surface area contributed by atoms with E-state index < -0.39 is 5.97 Å². The molecular formula is C10H14N2O4. The highest BCUT2D eigenvalue weighted by atomic mass is 16.5. The summed E-state index contributed by atoms with van der Waals surface area (Å²) in [5, 5.41) is 12.1. The van der Waals surface area contributed by atoms with Crippen molar-refractivity contribution in [3.8, 4) is 0 Å². The number of rotatable bonds is 5. The van der Waals surface area contributed by atoms with Gasteiger partial charge in [-0.1, -0.05) is 5.16 Å². The van der Waals surface area contributed by atoms with Crippen LogP contribution in [0.5, 0.6) is 0 Å². The standard InChI is InChI=1S/C10H14N2O4/c1-10(15-5-9(13)14)6-12(7-10)4-8-2-3-11-16-8/h2-3H,4-7H2,1H3,(H,13,14). The molecule has 0 bridgehead atoms. The van der Waals surface area contributed by atoms with Crippen molar-refractivity contribution in [3.05, 3.63) is 18.0 Å². The van der Waals surface area contributed by atoms with E-state index in [1.807, 2.05) is 13.0 Å². The number of aromatic nitrogens is 1. The van der Waals surface area contributed by atoms with Gasteiger partial charge in [0.25, 0.3) is 0 Å². The van der Waals surface area contributed by atoms with Gasteiger partial charge in [0.15, 0.2) is 5.76 Å². The molecule has 0 spiro atoms. The Balaban J connectivity index is 1.74. The first-order chi connectivity index (χ1) is 7.57. The first kappa shape index (κ1) is 11.1. The van der Waals surface area contributed by atoms with Gasteiger partial charge in [-0.3, -0.25) is 4.90 Å². The second-order valence-corrected chi connectivity index (χ2v) is 4.26. The Morgan fingerprint density at radius 2 is 2.50 bits per heavy atom. The fourth-order valence-corrected chi connectivity index (χ4v) is 1.88. The zero-order chi connectivity index (χ0) is 11.6. The number of hydrogen-bond acceptors (Lipinski definition) is 5. The van der Waals surface area contributed by atoms with Crippen LogP contribution in [0.1, 0.15) is 12.7 Å². The molecule has 2 rings (SSSR count). The Morgan fingerprint density at radius 3 is 3.06 bits per heavy atom. The van der Waals surface area contributed by atoms with Crippen LogP contribution in [0.4, 0.5) is 0 Å². The Labute approximate surface area is 92.8 Å². The molecule has 1 saturated heterocycles. The molecule has 1 aromatic heterocycles. The second kappa shape index (κ2) is 4.23. The van der Waals surface area contributed by atoms with Crippen molar-refractivity contribution in [3.63, 3.8) is 0 Å². The normalized spacial score (nSPS) is 19.3. The number of nitrogens with zero attached hydrogens (tertiary/aromatic N) is 2. The van der Waals surface area contributed by atoms with Crippen molar-refractivity contribution < 1.29 is 19.2 Å². The summed E-state index contributed by atoms with van der Waals surface area (Å²) in [4.78, 5) is 12.5. The minimum atomic E-state index is -0.935. The molecule has 1 fully saturated rings. The fraction of sp³-hybridized carbons (Fsp3) is 0.600. The highest BCUT2D eigenvalue weighted by Gasteiger charge is 2.40. The Kier molecular flexibility index (Phi) is 2.93. The smallest absolute Gasteiger partial charge is 0.329 e. The van der Waals surface area contributed by atoms with Crippen molar-refractivity contribution in [2.24, 2.45) is 0 Å². The predicted octanol–water partition coefficient (Wildman–Crippen LogP) is 0.350. The van der Waals surface area contributed by atoms with Crippen LogP contribution in [0.2, 0.25) is 0 Å². The Hall–Kier alpha value is -1.40. The van der Waals surface area contributed by atoms with Gasteiger partial charge >= 0.3 is 5.97 Å². The van der Waals surface area contributed by atoms with Crippen LogP contribution in [0.15, 0.2) is 16.8 Å². The lowest BCUT2D eigenvalue weighted by Crippen LogP contribution is -2.61. The third-order valence-electron chi connectivity index (χ3n) is 2.53. The molecule has 1 aliphatic heterocycles. The molecule has 16 heavy (non-hydrogen) atoms. The van der Waals surface area contributed by atoms with Crippen LogP contribution in [-0.2, 0) is 16.1 Å². The van der Waals surface area contributed by atoms with E-state index in [9.17, 15) is 4.79 Å². The van der Waals surface area contributed by atoms with Crippen molar-refractivity contribution in [2.45, 2.75) is 19.1 Å². The molecule has 2 heterocycles. The zero-order valence-corrected chi connectivity index (χ0v) is 9.05. The summed E-state index contributed by atoms with van der Waals surface area (Å²) in [7, 11) is 0. The first-order valence-electron chi connectivity index (χ1n) is 5.05. The zero-order valence-electron chi connectivity index (χ0n) is 9.05. The van der Waals surface area contributed by atoms with Crippen LogP contribution in [0.3, 0.4) is 0 Å². The van der Waals surface area contributed by atoms with E-state index in [1.54, 1.807) is 6.20 Å². The maximum absolute atomic E-state index is 10.4. The molecule has 0 aliphatic carbocycles. The molecule has 0 unspecified atom stereocenters. The minimum absolute atomic E-state index is 0.243. The van der Waals surface area contributed by atoms with Crippen molar-refractivity contribution in [1.29, 1.82) is 0 Å². The lowest BCUT2D eigenvalue weighted by Gasteiger charge is -2.46. The predicted molar refractivity (Wildman–Crippen MR) is 53.8 cm³/mol. The lowest BCUT2D eigenvalue weighted by atomic mass is 9.96. The van der Waals surface area contributed by atoms with E-state index in [1.165, 1.54) is 0 Å². The molecule has 0 saturated carbocycles. The summed E-state index contributed by atoms with van der Waals surface area (Å²) in [6.07, 6.45) is 1.61. The van der Waals surface area contributed by atoms with Crippen LogP contribution >= 0.6 is 0 Å². The molecule has 1 N–H and O–H groups in total. The summed E-state index contributed by atoms with van der Waals surface area (Å²) >= 11 is 0. The average molecular weight is 226 g/mol. The van der Waals surface area contributed by atoms with Crippen molar-refractivity contribution in [1.82, 2.24) is 10.1 Å². The van der Waals surface area contributed by atoms with Gasteiger partial charge in [-0.25, -0.2) is 4.79 Å². The van der Waals surface area contributed by atoms with E-state index in [0.717, 1.165) is 5.76 Å². The van der Waals surface area contributed by atoms with Crippen LogP contribution in [-0.4, -0.2) is 46.4 Å². The minimum Gasteiger partial charge on any atom is -0.480 e. The van der Waals surface area contributed by atoms with Crippen LogP contribution in [0.25, 0.3) is 0 Å². The fourth-order valence-electron chi connectivity index (χ4n) is 1.88. The summed E-state index contributed by atoms with van der Waals surface area (Å²) in [5.74, 6) is -0.129. The third-order valence-corrected chi connectivity index (χ3v) is 2.53. The maximum atomic E-state index is 10.4. The highest BCUT2D eigenvalue weighted by molar-refractivity contribution is 5.68. The van der Waals surface area contributed by atoms with E-state index in [4.69, 9.17) is 14.4 Å². The summed E-state index contributed by atoms with van der Waals surface area (Å²) in [5.41, 5.74) is -0.349. The van der Waals surface area contributed by atoms with E-state index in [0.29, 0.717) is 19.6 Å². The van der Waals surface area contributed by atoms with Crippen molar-refractivity contribution in [2.75, 3.05) is 19.7 Å². The molecule has 88 valence electrons.